The molecule has 3 aromatic rings. The summed E-state index contributed by atoms with van der Waals surface area (Å²) in [5.74, 6) is -1.92. The molecule has 1 aromatic heterocycles. The number of hydrogen-bond acceptors (Lipinski definition) is 8. The largest absolute Gasteiger partial charge is 0.493 e. The molecule has 3 rings (SSSR count). The summed E-state index contributed by atoms with van der Waals surface area (Å²) < 4.78 is 10.9. The van der Waals surface area contributed by atoms with Crippen LogP contribution >= 0.6 is 0 Å². The maximum atomic E-state index is 12.0. The van der Waals surface area contributed by atoms with E-state index in [0.717, 1.165) is 0 Å². The standard InChI is InChI=1S/C21H20N4O7/c1-2-31-15-8-10(3-4-14(15)19-24-18(23)17(22)20(28)25-19)11-5-12(21(29)30)7-13(6-11)32-9-16(26)27/h3-8H,2,9,22H2,1H3,(H,26,27)(H,29,30)(H3,23,24,25,28). The van der Waals surface area contributed by atoms with E-state index in [9.17, 15) is 19.5 Å². The summed E-state index contributed by atoms with van der Waals surface area (Å²) in [4.78, 5) is 41.0. The highest BCUT2D eigenvalue weighted by Gasteiger charge is 2.16. The minimum Gasteiger partial charge on any atom is -0.493 e. The number of carboxylic acid groups (broad SMARTS) is 2. The number of carboxylic acids is 2. The van der Waals surface area contributed by atoms with Crippen molar-refractivity contribution in [1.82, 2.24) is 9.97 Å². The van der Waals surface area contributed by atoms with Gasteiger partial charge in [-0.15, -0.1) is 0 Å². The molecule has 0 aliphatic rings. The molecule has 32 heavy (non-hydrogen) atoms. The van der Waals surface area contributed by atoms with E-state index in [4.69, 9.17) is 26.0 Å². The first kappa shape index (κ1) is 22.2. The van der Waals surface area contributed by atoms with Crippen molar-refractivity contribution in [1.29, 1.82) is 0 Å². The van der Waals surface area contributed by atoms with Gasteiger partial charge in [0.25, 0.3) is 5.56 Å². The van der Waals surface area contributed by atoms with Gasteiger partial charge in [0.1, 0.15) is 23.0 Å². The van der Waals surface area contributed by atoms with E-state index >= 15 is 0 Å². The highest BCUT2D eigenvalue weighted by Crippen LogP contribution is 2.34. The molecule has 11 nitrogen and oxygen atoms in total. The van der Waals surface area contributed by atoms with Crippen LogP contribution in [0, 0.1) is 0 Å². The third-order valence-electron chi connectivity index (χ3n) is 4.37. The molecule has 166 valence electrons. The number of nitrogens with one attached hydrogen (secondary N) is 1. The molecule has 0 spiro atoms. The Bertz CT molecular complexity index is 1250. The summed E-state index contributed by atoms with van der Waals surface area (Å²) in [7, 11) is 0. The average Bonchev–Trinajstić information content (AvgIpc) is 2.75. The molecule has 2 aromatic carbocycles. The van der Waals surface area contributed by atoms with Gasteiger partial charge >= 0.3 is 11.9 Å². The van der Waals surface area contributed by atoms with Crippen molar-refractivity contribution in [2.24, 2.45) is 0 Å². The molecule has 0 saturated heterocycles. The molecule has 0 fully saturated rings. The molecule has 0 atom stereocenters. The second-order valence-corrected chi connectivity index (χ2v) is 6.59. The molecular weight excluding hydrogens is 420 g/mol. The van der Waals surface area contributed by atoms with Crippen LogP contribution in [0.15, 0.2) is 41.2 Å². The Hall–Kier alpha value is -4.54. The number of ether oxygens (including phenoxy) is 2. The van der Waals surface area contributed by atoms with Crippen molar-refractivity contribution in [3.8, 4) is 34.0 Å². The molecule has 0 aliphatic heterocycles. The molecule has 0 amide bonds. The first-order chi connectivity index (χ1) is 15.2. The Morgan fingerprint density at radius 3 is 2.44 bits per heavy atom. The zero-order valence-electron chi connectivity index (χ0n) is 16.9. The van der Waals surface area contributed by atoms with E-state index in [1.807, 2.05) is 0 Å². The Morgan fingerprint density at radius 1 is 1.06 bits per heavy atom. The predicted octanol–water partition coefficient (Wildman–Crippen LogP) is 1.83. The number of aliphatic carboxylic acids is 1. The Morgan fingerprint density at radius 2 is 1.81 bits per heavy atom. The molecule has 0 radical (unpaired) electrons. The van der Waals surface area contributed by atoms with Gasteiger partial charge in [-0.2, -0.15) is 0 Å². The van der Waals surface area contributed by atoms with Crippen LogP contribution in [0.2, 0.25) is 0 Å². The van der Waals surface area contributed by atoms with Crippen molar-refractivity contribution in [2.75, 3.05) is 24.7 Å². The van der Waals surface area contributed by atoms with Crippen LogP contribution in [-0.2, 0) is 4.79 Å². The second-order valence-electron chi connectivity index (χ2n) is 6.59. The lowest BCUT2D eigenvalue weighted by atomic mass is 10.00. The minimum atomic E-state index is -1.20. The summed E-state index contributed by atoms with van der Waals surface area (Å²) in [5.41, 5.74) is 11.9. The molecule has 7 N–H and O–H groups in total. The molecule has 1 heterocycles. The number of benzene rings is 2. The SMILES string of the molecule is CCOc1cc(-c2cc(OCC(=O)O)cc(C(=O)O)c2)ccc1-c1nc(N)c(N)c(=O)[nH]1. The van der Waals surface area contributed by atoms with Crippen LogP contribution in [0.4, 0.5) is 11.5 Å². The number of nitrogens with two attached hydrogens (primary N) is 2. The summed E-state index contributed by atoms with van der Waals surface area (Å²) >= 11 is 0. The second kappa shape index (κ2) is 9.08. The van der Waals surface area contributed by atoms with E-state index < -0.39 is 24.1 Å². The number of anilines is 2. The van der Waals surface area contributed by atoms with E-state index in [1.165, 1.54) is 18.2 Å². The fourth-order valence-electron chi connectivity index (χ4n) is 2.92. The van der Waals surface area contributed by atoms with Crippen molar-refractivity contribution < 1.29 is 29.3 Å². The third-order valence-corrected chi connectivity index (χ3v) is 4.37. The van der Waals surface area contributed by atoms with E-state index in [2.05, 4.69) is 9.97 Å². The van der Waals surface area contributed by atoms with Gasteiger partial charge in [0.05, 0.1) is 17.7 Å². The molecule has 0 aliphatic carbocycles. The van der Waals surface area contributed by atoms with Gasteiger partial charge in [0.15, 0.2) is 12.4 Å². The zero-order chi connectivity index (χ0) is 23.4. The van der Waals surface area contributed by atoms with Crippen LogP contribution in [0.3, 0.4) is 0 Å². The summed E-state index contributed by atoms with van der Waals surface area (Å²) in [6, 6.07) is 9.08. The summed E-state index contributed by atoms with van der Waals surface area (Å²) in [5, 5.41) is 18.2. The van der Waals surface area contributed by atoms with Crippen LogP contribution in [0.5, 0.6) is 11.5 Å². The van der Waals surface area contributed by atoms with Crippen LogP contribution in [0.1, 0.15) is 17.3 Å². The number of rotatable bonds is 8. The van der Waals surface area contributed by atoms with Gasteiger partial charge in [-0.05, 0) is 48.4 Å². The Balaban J connectivity index is 2.11. The van der Waals surface area contributed by atoms with Crippen LogP contribution in [0.25, 0.3) is 22.5 Å². The molecule has 11 heteroatoms. The first-order valence-corrected chi connectivity index (χ1v) is 9.35. The Kier molecular flexibility index (Phi) is 6.29. The molecule has 0 bridgehead atoms. The van der Waals surface area contributed by atoms with E-state index in [-0.39, 0.29) is 28.6 Å². The number of H-pyrrole nitrogens is 1. The van der Waals surface area contributed by atoms with Gasteiger partial charge in [0, 0.05) is 0 Å². The van der Waals surface area contributed by atoms with Crippen molar-refractivity contribution in [3.05, 3.63) is 52.3 Å². The van der Waals surface area contributed by atoms with Gasteiger partial charge < -0.3 is 36.1 Å². The van der Waals surface area contributed by atoms with Gasteiger partial charge in [-0.3, -0.25) is 4.79 Å². The number of hydrogen-bond donors (Lipinski definition) is 5. The lowest BCUT2D eigenvalue weighted by molar-refractivity contribution is -0.139. The maximum Gasteiger partial charge on any atom is 0.341 e. The van der Waals surface area contributed by atoms with Crippen molar-refractivity contribution in [2.45, 2.75) is 6.92 Å². The maximum absolute atomic E-state index is 12.0. The van der Waals surface area contributed by atoms with Crippen LogP contribution < -0.4 is 26.5 Å². The van der Waals surface area contributed by atoms with E-state index in [1.54, 1.807) is 25.1 Å². The fraction of sp³-hybridized carbons (Fsp3) is 0.143. The average molecular weight is 440 g/mol. The van der Waals surface area contributed by atoms with Crippen LogP contribution in [-0.4, -0.2) is 45.3 Å². The minimum absolute atomic E-state index is 0.0813. The van der Waals surface area contributed by atoms with Crippen molar-refractivity contribution in [3.63, 3.8) is 0 Å². The first-order valence-electron chi connectivity index (χ1n) is 9.35. The fourth-order valence-corrected chi connectivity index (χ4v) is 2.92. The third kappa shape index (κ3) is 4.78. The molecule has 0 saturated carbocycles. The Labute approximate surface area is 181 Å². The highest BCUT2D eigenvalue weighted by molar-refractivity contribution is 5.90. The topological polar surface area (TPSA) is 191 Å². The van der Waals surface area contributed by atoms with E-state index in [0.29, 0.717) is 29.0 Å². The number of carbonyl (C=O) groups is 2. The summed E-state index contributed by atoms with van der Waals surface area (Å²) in [6.45, 7) is 1.45. The number of aromatic carboxylic acids is 1. The van der Waals surface area contributed by atoms with Gasteiger partial charge in [0.2, 0.25) is 0 Å². The summed E-state index contributed by atoms with van der Waals surface area (Å²) in [6.07, 6.45) is 0. The quantitative estimate of drug-likeness (QED) is 0.345. The lowest BCUT2D eigenvalue weighted by Crippen LogP contribution is -2.17. The normalized spacial score (nSPS) is 10.5. The number of nitrogen functional groups attached to an aromatic ring is 2. The smallest absolute Gasteiger partial charge is 0.341 e. The number of aromatic amines is 1. The van der Waals surface area contributed by atoms with Gasteiger partial charge in [-0.1, -0.05) is 6.07 Å². The number of aromatic nitrogens is 2. The molecular formula is C21H20N4O7. The number of nitrogens with zero attached hydrogens (tertiary/aromatic N) is 1. The predicted molar refractivity (Wildman–Crippen MR) is 116 cm³/mol. The monoisotopic (exact) mass is 440 g/mol. The lowest BCUT2D eigenvalue weighted by Gasteiger charge is -2.14. The molecule has 0 unspecified atom stereocenters. The zero-order valence-corrected chi connectivity index (χ0v) is 16.9. The van der Waals surface area contributed by atoms with Gasteiger partial charge in [-0.25, -0.2) is 14.6 Å². The van der Waals surface area contributed by atoms with Crippen molar-refractivity contribution >= 4 is 23.4 Å². The highest BCUT2D eigenvalue weighted by atomic mass is 16.5.